The lowest BCUT2D eigenvalue weighted by Crippen LogP contribution is -2.19. The monoisotopic (exact) mass is 275 g/mol. The molecule has 3 nitrogen and oxygen atoms in total. The molecule has 1 saturated carbocycles. The van der Waals surface area contributed by atoms with Gasteiger partial charge in [0.2, 0.25) is 5.92 Å². The number of hydrogen-bond donors (Lipinski definition) is 1. The van der Waals surface area contributed by atoms with E-state index in [4.69, 9.17) is 0 Å². The Morgan fingerprint density at radius 3 is 2.78 bits per heavy atom. The van der Waals surface area contributed by atoms with Crippen LogP contribution in [0.25, 0.3) is 0 Å². The molecule has 102 valence electrons. The normalized spacial score (nSPS) is 24.3. The van der Waals surface area contributed by atoms with Gasteiger partial charge in [-0.05, 0) is 19.4 Å². The summed E-state index contributed by atoms with van der Waals surface area (Å²) in [6.45, 7) is 5.00. The van der Waals surface area contributed by atoms with Crippen molar-refractivity contribution < 1.29 is 8.78 Å². The molecule has 1 heterocycles. The molecule has 1 aliphatic carbocycles. The highest BCUT2D eigenvalue weighted by Crippen LogP contribution is 2.45. The molecule has 1 fully saturated rings. The molecule has 6 heteroatoms. The highest BCUT2D eigenvalue weighted by Gasteiger charge is 2.41. The zero-order chi connectivity index (χ0) is 13.2. The smallest absolute Gasteiger partial charge is 0.248 e. The first-order valence-corrected chi connectivity index (χ1v) is 7.32. The summed E-state index contributed by atoms with van der Waals surface area (Å²) in [6.07, 6.45) is 1.37. The Morgan fingerprint density at radius 1 is 1.44 bits per heavy atom. The molecule has 0 bridgehead atoms. The summed E-state index contributed by atoms with van der Waals surface area (Å²) in [6, 6.07) is 0.197. The lowest BCUT2D eigenvalue weighted by atomic mass is 10.1. The van der Waals surface area contributed by atoms with Crippen molar-refractivity contribution in [3.05, 3.63) is 10.0 Å². The predicted octanol–water partition coefficient (Wildman–Crippen LogP) is 3.50. The van der Waals surface area contributed by atoms with Crippen LogP contribution < -0.4 is 5.32 Å². The second kappa shape index (κ2) is 5.57. The third-order valence-electron chi connectivity index (χ3n) is 3.37. The molecule has 1 aromatic heterocycles. The van der Waals surface area contributed by atoms with Crippen LogP contribution in [0.15, 0.2) is 0 Å². The average Bonchev–Trinajstić information content (AvgIpc) is 2.92. The Bertz CT molecular complexity index is 394. The molecule has 0 saturated heterocycles. The SMILES string of the molecule is CCNC(CC)c1nnc(C2CCC(F)(F)C2)s1. The Morgan fingerprint density at radius 2 is 2.22 bits per heavy atom. The minimum Gasteiger partial charge on any atom is -0.308 e. The lowest BCUT2D eigenvalue weighted by Gasteiger charge is -2.11. The zero-order valence-corrected chi connectivity index (χ0v) is 11.6. The maximum absolute atomic E-state index is 13.2. The first-order valence-electron chi connectivity index (χ1n) is 6.50. The van der Waals surface area contributed by atoms with Crippen LogP contribution in [0, 0.1) is 0 Å². The third kappa shape index (κ3) is 3.03. The van der Waals surface area contributed by atoms with Crippen LogP contribution in [0.2, 0.25) is 0 Å². The van der Waals surface area contributed by atoms with Crippen LogP contribution in [-0.4, -0.2) is 22.7 Å². The average molecular weight is 275 g/mol. The van der Waals surface area contributed by atoms with Gasteiger partial charge in [0.15, 0.2) is 0 Å². The van der Waals surface area contributed by atoms with E-state index < -0.39 is 5.92 Å². The van der Waals surface area contributed by atoms with Crippen molar-refractivity contribution in [1.82, 2.24) is 15.5 Å². The number of halogens is 2. The van der Waals surface area contributed by atoms with Crippen molar-refractivity contribution in [2.45, 2.75) is 57.4 Å². The van der Waals surface area contributed by atoms with Crippen LogP contribution in [0.5, 0.6) is 0 Å². The van der Waals surface area contributed by atoms with Crippen molar-refractivity contribution in [2.75, 3.05) is 6.54 Å². The van der Waals surface area contributed by atoms with Crippen molar-refractivity contribution in [2.24, 2.45) is 0 Å². The largest absolute Gasteiger partial charge is 0.308 e. The standard InChI is InChI=1S/C12H19F2N3S/c1-3-9(15-4-2)11-17-16-10(18-11)8-5-6-12(13,14)7-8/h8-9,15H,3-7H2,1-2H3. The summed E-state index contributed by atoms with van der Waals surface area (Å²) in [5.41, 5.74) is 0. The second-order valence-electron chi connectivity index (χ2n) is 4.79. The van der Waals surface area contributed by atoms with Gasteiger partial charge in [0, 0.05) is 18.8 Å². The summed E-state index contributed by atoms with van der Waals surface area (Å²) >= 11 is 1.49. The summed E-state index contributed by atoms with van der Waals surface area (Å²) < 4.78 is 26.4. The molecule has 2 rings (SSSR count). The summed E-state index contributed by atoms with van der Waals surface area (Å²) in [5.74, 6) is -2.62. The van der Waals surface area contributed by atoms with E-state index in [0.29, 0.717) is 6.42 Å². The second-order valence-corrected chi connectivity index (χ2v) is 5.83. The van der Waals surface area contributed by atoms with E-state index in [1.54, 1.807) is 0 Å². The van der Waals surface area contributed by atoms with Crippen molar-refractivity contribution in [3.8, 4) is 0 Å². The van der Waals surface area contributed by atoms with E-state index in [0.717, 1.165) is 23.0 Å². The molecule has 1 aromatic rings. The molecule has 18 heavy (non-hydrogen) atoms. The molecule has 0 amide bonds. The van der Waals surface area contributed by atoms with Crippen molar-refractivity contribution in [3.63, 3.8) is 0 Å². The predicted molar refractivity (Wildman–Crippen MR) is 68.2 cm³/mol. The molecule has 2 atom stereocenters. The Hall–Kier alpha value is -0.620. The topological polar surface area (TPSA) is 37.8 Å². The fraction of sp³-hybridized carbons (Fsp3) is 0.833. The molecular weight excluding hydrogens is 256 g/mol. The first-order chi connectivity index (χ1) is 8.55. The van der Waals surface area contributed by atoms with Gasteiger partial charge in [0.25, 0.3) is 0 Å². The fourth-order valence-corrected chi connectivity index (χ4v) is 3.50. The van der Waals surface area contributed by atoms with E-state index >= 15 is 0 Å². The molecular formula is C12H19F2N3S. The Kier molecular flexibility index (Phi) is 4.27. The number of alkyl halides is 2. The van der Waals surface area contributed by atoms with Gasteiger partial charge in [-0.1, -0.05) is 25.2 Å². The Labute approximate surface area is 110 Å². The van der Waals surface area contributed by atoms with Crippen LogP contribution in [0.1, 0.15) is 61.5 Å². The minimum atomic E-state index is -2.51. The van der Waals surface area contributed by atoms with Crippen LogP contribution in [-0.2, 0) is 0 Å². The highest BCUT2D eigenvalue weighted by molar-refractivity contribution is 7.11. The van der Waals surface area contributed by atoms with Crippen LogP contribution in [0.3, 0.4) is 0 Å². The van der Waals surface area contributed by atoms with Gasteiger partial charge in [-0.15, -0.1) is 10.2 Å². The molecule has 2 unspecified atom stereocenters. The van der Waals surface area contributed by atoms with Gasteiger partial charge in [0.05, 0.1) is 6.04 Å². The van der Waals surface area contributed by atoms with E-state index in [2.05, 4.69) is 22.4 Å². The van der Waals surface area contributed by atoms with Gasteiger partial charge < -0.3 is 5.32 Å². The zero-order valence-electron chi connectivity index (χ0n) is 10.7. The van der Waals surface area contributed by atoms with Gasteiger partial charge in [-0.2, -0.15) is 0 Å². The molecule has 0 spiro atoms. The molecule has 1 N–H and O–H groups in total. The maximum atomic E-state index is 13.2. The minimum absolute atomic E-state index is 0.0169. The lowest BCUT2D eigenvalue weighted by molar-refractivity contribution is 0.00775. The first kappa shape index (κ1) is 13.8. The third-order valence-corrected chi connectivity index (χ3v) is 4.57. The van der Waals surface area contributed by atoms with E-state index in [-0.39, 0.29) is 24.8 Å². The fourth-order valence-electron chi connectivity index (χ4n) is 2.37. The number of rotatable bonds is 5. The quantitative estimate of drug-likeness (QED) is 0.893. The van der Waals surface area contributed by atoms with E-state index in [1.165, 1.54) is 11.3 Å². The van der Waals surface area contributed by atoms with Crippen LogP contribution in [0.4, 0.5) is 8.78 Å². The van der Waals surface area contributed by atoms with Gasteiger partial charge in [-0.3, -0.25) is 0 Å². The summed E-state index contributed by atoms with van der Waals surface area (Å²) in [7, 11) is 0. The molecule has 0 aliphatic heterocycles. The maximum Gasteiger partial charge on any atom is 0.248 e. The number of hydrogen-bond acceptors (Lipinski definition) is 4. The van der Waals surface area contributed by atoms with Crippen molar-refractivity contribution in [1.29, 1.82) is 0 Å². The van der Waals surface area contributed by atoms with E-state index in [1.807, 2.05) is 6.92 Å². The van der Waals surface area contributed by atoms with E-state index in [9.17, 15) is 8.78 Å². The van der Waals surface area contributed by atoms with Gasteiger partial charge in [-0.25, -0.2) is 8.78 Å². The van der Waals surface area contributed by atoms with Crippen molar-refractivity contribution >= 4 is 11.3 Å². The highest BCUT2D eigenvalue weighted by atomic mass is 32.1. The molecule has 0 aromatic carbocycles. The number of nitrogens with one attached hydrogen (secondary N) is 1. The number of nitrogens with zero attached hydrogens (tertiary/aromatic N) is 2. The van der Waals surface area contributed by atoms with Gasteiger partial charge in [0.1, 0.15) is 10.0 Å². The summed E-state index contributed by atoms with van der Waals surface area (Å²) in [4.78, 5) is 0. The van der Waals surface area contributed by atoms with Crippen LogP contribution >= 0.6 is 11.3 Å². The number of aromatic nitrogens is 2. The summed E-state index contributed by atoms with van der Waals surface area (Å²) in [5, 5.41) is 13.3. The molecule has 0 radical (unpaired) electrons. The van der Waals surface area contributed by atoms with Gasteiger partial charge >= 0.3 is 0 Å². The Balaban J connectivity index is 2.06. The molecule has 1 aliphatic rings.